The molecule has 1 saturated carbocycles. The van der Waals surface area contributed by atoms with Crippen LogP contribution in [0.15, 0.2) is 0 Å². The van der Waals surface area contributed by atoms with Gasteiger partial charge in [0.2, 0.25) is 11.8 Å². The van der Waals surface area contributed by atoms with Crippen molar-refractivity contribution in [3.8, 4) is 0 Å². The third-order valence-electron chi connectivity index (χ3n) is 10.3. The Hall–Kier alpha value is -1.26. The highest BCUT2D eigenvalue weighted by molar-refractivity contribution is 5.77. The van der Waals surface area contributed by atoms with Gasteiger partial charge in [-0.15, -0.1) is 0 Å². The van der Waals surface area contributed by atoms with Crippen LogP contribution in [0.4, 0.5) is 0 Å². The Morgan fingerprint density at radius 1 is 0.511 bits per heavy atom. The molecular formula is C38H72N2O7. The zero-order valence-corrected chi connectivity index (χ0v) is 29.7. The van der Waals surface area contributed by atoms with E-state index in [1.54, 1.807) is 0 Å². The minimum absolute atomic E-state index is 0.0312. The number of carbonyl (C=O) groups excluding carboxylic acids is 2. The monoisotopic (exact) mass is 669 g/mol. The van der Waals surface area contributed by atoms with E-state index < -0.39 is 12.2 Å². The van der Waals surface area contributed by atoms with Gasteiger partial charge in [-0.3, -0.25) is 9.59 Å². The van der Waals surface area contributed by atoms with Gasteiger partial charge in [0.15, 0.2) is 0 Å². The molecular weight excluding hydrogens is 596 g/mol. The Bertz CT molecular complexity index is 723. The van der Waals surface area contributed by atoms with Gasteiger partial charge >= 0.3 is 0 Å². The molecule has 6 atom stereocenters. The first-order chi connectivity index (χ1) is 22.9. The smallest absolute Gasteiger partial charge is 0.220 e. The van der Waals surface area contributed by atoms with Crippen LogP contribution in [0.2, 0.25) is 0 Å². The van der Waals surface area contributed by atoms with Crippen molar-refractivity contribution in [3.05, 3.63) is 0 Å². The Labute approximate surface area is 286 Å². The Morgan fingerprint density at radius 3 is 1.30 bits per heavy atom. The Kier molecular flexibility index (Phi) is 24.6. The molecule has 6 N–H and O–H groups in total. The molecule has 0 radical (unpaired) electrons. The highest BCUT2D eigenvalue weighted by Crippen LogP contribution is 2.25. The summed E-state index contributed by atoms with van der Waals surface area (Å²) in [4.78, 5) is 25.5. The zero-order chi connectivity index (χ0) is 34.0. The lowest BCUT2D eigenvalue weighted by Gasteiger charge is -2.33. The average Bonchev–Trinajstić information content (AvgIpc) is 3.06. The van der Waals surface area contributed by atoms with Gasteiger partial charge in [0, 0.05) is 38.1 Å². The first kappa shape index (κ1) is 41.9. The summed E-state index contributed by atoms with van der Waals surface area (Å²) in [6, 6.07) is 0.0624. The minimum Gasteiger partial charge on any atom is -0.396 e. The largest absolute Gasteiger partial charge is 0.396 e. The minimum atomic E-state index is -0.587. The summed E-state index contributed by atoms with van der Waals surface area (Å²) in [5.41, 5.74) is 0. The molecule has 2 amide bonds. The second-order valence-corrected chi connectivity index (χ2v) is 14.4. The fourth-order valence-electron chi connectivity index (χ4n) is 7.29. The van der Waals surface area contributed by atoms with Crippen molar-refractivity contribution in [2.24, 2.45) is 0 Å². The maximum Gasteiger partial charge on any atom is 0.220 e. The van der Waals surface area contributed by atoms with E-state index in [0.717, 1.165) is 154 Å². The molecule has 2 aliphatic rings. The van der Waals surface area contributed by atoms with Crippen LogP contribution in [0.25, 0.3) is 0 Å². The number of hydrogen-bond donors (Lipinski definition) is 6. The van der Waals surface area contributed by atoms with Crippen molar-refractivity contribution >= 4 is 11.8 Å². The standard InChI is InChI=1S/C38H72N2O7/c41-29-19-9-7-11-23-33(43)35-25-13-3-1-5-15-27-37(45)39-31-21-17-18-22-32(31)40-38(46)28-16-6-2-4-14-26-36(47-35)34(44)24-12-8-10-20-30-42/h31-36,41-44H,1-30H2,(H,39,45)(H,40,46)/t31-,32-,33?,34?,35?,36?/m0/s1. The number of unbranched alkanes of at least 4 members (excludes halogenated alkanes) is 6. The van der Waals surface area contributed by atoms with Crippen molar-refractivity contribution in [1.82, 2.24) is 10.6 Å². The molecule has 1 aliphatic carbocycles. The molecule has 4 unspecified atom stereocenters. The fraction of sp³-hybridized carbons (Fsp3) is 0.947. The number of hydrogen-bond acceptors (Lipinski definition) is 7. The van der Waals surface area contributed by atoms with Gasteiger partial charge in [-0.05, 0) is 64.2 Å². The van der Waals surface area contributed by atoms with E-state index in [4.69, 9.17) is 14.9 Å². The van der Waals surface area contributed by atoms with Crippen molar-refractivity contribution in [3.63, 3.8) is 0 Å². The highest BCUT2D eigenvalue weighted by atomic mass is 16.5. The molecule has 0 aromatic carbocycles. The molecule has 9 nitrogen and oxygen atoms in total. The van der Waals surface area contributed by atoms with Crippen LogP contribution in [0.5, 0.6) is 0 Å². The van der Waals surface area contributed by atoms with Gasteiger partial charge in [0.05, 0.1) is 24.4 Å². The lowest BCUT2D eigenvalue weighted by Crippen LogP contribution is -2.53. The third kappa shape index (κ3) is 20.1. The van der Waals surface area contributed by atoms with Crippen LogP contribution in [0.1, 0.15) is 180 Å². The predicted molar refractivity (Wildman–Crippen MR) is 188 cm³/mol. The number of nitrogens with one attached hydrogen (secondary N) is 2. The van der Waals surface area contributed by atoms with E-state index >= 15 is 0 Å². The normalized spacial score (nSPS) is 26.8. The molecule has 0 aromatic rings. The van der Waals surface area contributed by atoms with Crippen LogP contribution < -0.4 is 10.6 Å². The van der Waals surface area contributed by atoms with Crippen molar-refractivity contribution < 1.29 is 34.8 Å². The molecule has 0 spiro atoms. The molecule has 9 heteroatoms. The Balaban J connectivity index is 2.02. The van der Waals surface area contributed by atoms with E-state index in [9.17, 15) is 19.8 Å². The second kappa shape index (κ2) is 27.5. The van der Waals surface area contributed by atoms with Gasteiger partial charge in [-0.1, -0.05) is 103 Å². The van der Waals surface area contributed by atoms with Crippen molar-refractivity contribution in [1.29, 1.82) is 0 Å². The third-order valence-corrected chi connectivity index (χ3v) is 10.3. The lowest BCUT2D eigenvalue weighted by atomic mass is 9.90. The molecule has 0 bridgehead atoms. The summed E-state index contributed by atoms with van der Waals surface area (Å²) in [6.07, 6.45) is 22.9. The van der Waals surface area contributed by atoms with Gasteiger partial charge in [0.1, 0.15) is 0 Å². The molecule has 47 heavy (non-hydrogen) atoms. The lowest BCUT2D eigenvalue weighted by molar-refractivity contribution is -0.125. The van der Waals surface area contributed by atoms with Gasteiger partial charge in [-0.2, -0.15) is 0 Å². The Morgan fingerprint density at radius 2 is 0.872 bits per heavy atom. The quantitative estimate of drug-likeness (QED) is 0.118. The van der Waals surface area contributed by atoms with Crippen LogP contribution in [-0.4, -0.2) is 82.0 Å². The number of aliphatic hydroxyl groups is 4. The maximum atomic E-state index is 12.7. The van der Waals surface area contributed by atoms with E-state index in [0.29, 0.717) is 25.7 Å². The zero-order valence-electron chi connectivity index (χ0n) is 29.7. The van der Waals surface area contributed by atoms with Crippen LogP contribution in [0.3, 0.4) is 0 Å². The van der Waals surface area contributed by atoms with Crippen molar-refractivity contribution in [2.45, 2.75) is 216 Å². The SMILES string of the molecule is O=C1CCCCCCCC(C(O)CCCCCCO)OC(C(O)CCCCCCO)CCCCCCCC(=O)N[C@H]2CCCC[C@@H]2N1. The van der Waals surface area contributed by atoms with Gasteiger partial charge < -0.3 is 35.8 Å². The maximum absolute atomic E-state index is 12.7. The second-order valence-electron chi connectivity index (χ2n) is 14.4. The number of aliphatic hydroxyl groups excluding tert-OH is 4. The highest BCUT2D eigenvalue weighted by Gasteiger charge is 2.29. The number of carbonyl (C=O) groups is 2. The topological polar surface area (TPSA) is 148 Å². The molecule has 1 aliphatic heterocycles. The first-order valence-electron chi connectivity index (χ1n) is 19.8. The average molecular weight is 669 g/mol. The summed E-state index contributed by atoms with van der Waals surface area (Å²) >= 11 is 0. The summed E-state index contributed by atoms with van der Waals surface area (Å²) in [5, 5.41) is 47.2. The number of rotatable bonds is 14. The molecule has 2 rings (SSSR count). The summed E-state index contributed by atoms with van der Waals surface area (Å²) < 4.78 is 6.65. The summed E-state index contributed by atoms with van der Waals surface area (Å²) in [5.74, 6) is 0.172. The molecule has 0 aromatic heterocycles. The van der Waals surface area contributed by atoms with E-state index in [2.05, 4.69) is 10.6 Å². The summed E-state index contributed by atoms with van der Waals surface area (Å²) in [7, 11) is 0. The van der Waals surface area contributed by atoms with E-state index in [1.807, 2.05) is 0 Å². The van der Waals surface area contributed by atoms with E-state index in [-0.39, 0.29) is 49.3 Å². The van der Waals surface area contributed by atoms with Gasteiger partial charge in [-0.25, -0.2) is 0 Å². The van der Waals surface area contributed by atoms with Crippen LogP contribution in [0, 0.1) is 0 Å². The molecule has 2 fully saturated rings. The molecule has 276 valence electrons. The molecule has 1 saturated heterocycles. The van der Waals surface area contributed by atoms with Crippen molar-refractivity contribution in [2.75, 3.05) is 13.2 Å². The molecule has 1 heterocycles. The van der Waals surface area contributed by atoms with Crippen LogP contribution in [-0.2, 0) is 14.3 Å². The fourth-order valence-corrected chi connectivity index (χ4v) is 7.29. The predicted octanol–water partition coefficient (Wildman–Crippen LogP) is 6.37. The van der Waals surface area contributed by atoms with Crippen LogP contribution >= 0.6 is 0 Å². The van der Waals surface area contributed by atoms with Gasteiger partial charge in [0.25, 0.3) is 0 Å². The van der Waals surface area contributed by atoms with E-state index in [1.165, 1.54) is 0 Å². The number of ether oxygens (including phenoxy) is 1. The number of fused-ring (bicyclic) bond motifs is 1. The number of amides is 2. The summed E-state index contributed by atoms with van der Waals surface area (Å²) in [6.45, 7) is 0.406. The first-order valence-corrected chi connectivity index (χ1v) is 19.8.